The van der Waals surface area contributed by atoms with Crippen molar-refractivity contribution in [3.63, 3.8) is 0 Å². The van der Waals surface area contributed by atoms with Crippen LogP contribution in [0.25, 0.3) is 56.5 Å². The topological polar surface area (TPSA) is 38.7 Å². The highest BCUT2D eigenvalue weighted by molar-refractivity contribution is 5.91. The molecule has 0 amide bonds. The van der Waals surface area contributed by atoms with Crippen LogP contribution in [0.2, 0.25) is 0 Å². The van der Waals surface area contributed by atoms with Gasteiger partial charge >= 0.3 is 0 Å². The van der Waals surface area contributed by atoms with Gasteiger partial charge in [-0.05, 0) is 98.2 Å². The molecular formula is C37H33N3. The third kappa shape index (κ3) is 4.38. The molecule has 0 N–H and O–H groups in total. The van der Waals surface area contributed by atoms with Gasteiger partial charge in [-0.15, -0.1) is 0 Å². The predicted octanol–water partition coefficient (Wildman–Crippen LogP) is 9.42. The highest BCUT2D eigenvalue weighted by atomic mass is 14.8. The zero-order valence-corrected chi connectivity index (χ0v) is 23.8. The minimum atomic E-state index is 0.873. The fraction of sp³-hybridized carbons (Fsp3) is 0.162. The quantitative estimate of drug-likeness (QED) is 0.222. The fourth-order valence-corrected chi connectivity index (χ4v) is 5.82. The van der Waals surface area contributed by atoms with Gasteiger partial charge < -0.3 is 0 Å². The summed E-state index contributed by atoms with van der Waals surface area (Å²) < 4.78 is 0. The Balaban J connectivity index is 1.42. The van der Waals surface area contributed by atoms with Gasteiger partial charge in [0, 0.05) is 28.3 Å². The van der Waals surface area contributed by atoms with E-state index in [1.165, 1.54) is 44.3 Å². The number of fused-ring (bicyclic) bond motifs is 4. The molecule has 40 heavy (non-hydrogen) atoms. The lowest BCUT2D eigenvalue weighted by molar-refractivity contribution is 1.14. The van der Waals surface area contributed by atoms with Crippen LogP contribution >= 0.6 is 0 Å². The van der Waals surface area contributed by atoms with Crippen molar-refractivity contribution in [1.29, 1.82) is 0 Å². The van der Waals surface area contributed by atoms with Crippen molar-refractivity contribution >= 4 is 22.6 Å². The lowest BCUT2D eigenvalue weighted by Gasteiger charge is -2.14. The molecule has 196 valence electrons. The number of benzene rings is 2. The van der Waals surface area contributed by atoms with Crippen molar-refractivity contribution in [2.45, 2.75) is 41.0 Å². The minimum Gasteiger partial charge on any atom is -0.254 e. The maximum absolute atomic E-state index is 5.16. The fourth-order valence-electron chi connectivity index (χ4n) is 5.82. The lowest BCUT2D eigenvalue weighted by atomic mass is 9.95. The normalized spacial score (nSPS) is 12.7. The van der Waals surface area contributed by atoms with Gasteiger partial charge in [0.1, 0.15) is 0 Å². The van der Waals surface area contributed by atoms with E-state index in [0.29, 0.717) is 0 Å². The summed E-state index contributed by atoms with van der Waals surface area (Å²) in [4.78, 5) is 15.1. The third-order valence-corrected chi connectivity index (χ3v) is 8.10. The van der Waals surface area contributed by atoms with Crippen LogP contribution in [0, 0.1) is 27.7 Å². The van der Waals surface area contributed by atoms with Crippen LogP contribution in [0.5, 0.6) is 0 Å². The molecular weight excluding hydrogens is 486 g/mol. The van der Waals surface area contributed by atoms with E-state index >= 15 is 0 Å². The zero-order chi connectivity index (χ0) is 28.0. The Morgan fingerprint density at radius 2 is 1.50 bits per heavy atom. The van der Waals surface area contributed by atoms with Gasteiger partial charge in [-0.25, -0.2) is 9.97 Å². The van der Waals surface area contributed by atoms with Crippen molar-refractivity contribution in [3.8, 4) is 33.9 Å². The van der Waals surface area contributed by atoms with E-state index in [4.69, 9.17) is 15.0 Å². The van der Waals surface area contributed by atoms with Crippen molar-refractivity contribution in [1.82, 2.24) is 15.0 Å². The first-order chi connectivity index (χ1) is 19.4. The molecule has 3 nitrogen and oxygen atoms in total. The van der Waals surface area contributed by atoms with Gasteiger partial charge in [-0.3, -0.25) is 4.98 Å². The molecule has 0 spiro atoms. The number of pyridine rings is 3. The molecule has 3 heteroatoms. The van der Waals surface area contributed by atoms with E-state index in [0.717, 1.165) is 51.4 Å². The standard InChI is InChI=1S/C37H33N3/c1-7-9-22(2)29-16-17-32-25(5)21-33(39-35(32)26(29)6)27-12-14-28(15-13-27)34-20-24(4)31-11-8-10-30-23(3)18-19-38-36(30)37(31)40-34/h7-9,11-21H,1,10H2,2-6H3/b22-9-. The largest absolute Gasteiger partial charge is 0.254 e. The summed E-state index contributed by atoms with van der Waals surface area (Å²) in [5, 5.41) is 1.19. The van der Waals surface area contributed by atoms with E-state index in [-0.39, 0.29) is 0 Å². The first kappa shape index (κ1) is 25.6. The second kappa shape index (κ2) is 10.2. The molecule has 1 aliphatic carbocycles. The third-order valence-electron chi connectivity index (χ3n) is 8.10. The maximum Gasteiger partial charge on any atom is 0.0971 e. The minimum absolute atomic E-state index is 0.873. The van der Waals surface area contributed by atoms with E-state index in [1.54, 1.807) is 0 Å². The van der Waals surface area contributed by atoms with E-state index < -0.39 is 0 Å². The summed E-state index contributed by atoms with van der Waals surface area (Å²) in [5.41, 5.74) is 16.8. The van der Waals surface area contributed by atoms with E-state index in [9.17, 15) is 0 Å². The summed E-state index contributed by atoms with van der Waals surface area (Å²) in [5.74, 6) is 0. The summed E-state index contributed by atoms with van der Waals surface area (Å²) >= 11 is 0. The molecule has 3 aromatic heterocycles. The van der Waals surface area contributed by atoms with Gasteiger partial charge in [0.05, 0.1) is 28.3 Å². The van der Waals surface area contributed by atoms with Crippen LogP contribution in [0.15, 0.2) is 85.6 Å². The van der Waals surface area contributed by atoms with Crippen molar-refractivity contribution in [3.05, 3.63) is 125 Å². The van der Waals surface area contributed by atoms with Crippen LogP contribution in [-0.2, 0) is 6.42 Å². The molecule has 0 aliphatic heterocycles. The molecule has 1 aliphatic rings. The second-order valence-corrected chi connectivity index (χ2v) is 10.8. The SMILES string of the molecule is C=C/C=C(/C)c1ccc2c(C)cc(-c3ccc(-c4cc(C)c5c(n4)-c4nccc(C)c4CC=C5)cc3)nc2c1C. The summed E-state index contributed by atoms with van der Waals surface area (Å²) in [6, 6.07) is 19.4. The monoisotopic (exact) mass is 519 g/mol. The average Bonchev–Trinajstić information content (AvgIpc) is 3.14. The molecule has 0 bridgehead atoms. The Hall–Kier alpha value is -4.63. The highest BCUT2D eigenvalue weighted by Crippen LogP contribution is 2.35. The molecule has 0 saturated heterocycles. The molecule has 3 heterocycles. The Morgan fingerprint density at radius 1 is 0.800 bits per heavy atom. The van der Waals surface area contributed by atoms with Crippen LogP contribution in [-0.4, -0.2) is 15.0 Å². The van der Waals surface area contributed by atoms with Crippen molar-refractivity contribution < 1.29 is 0 Å². The number of aromatic nitrogens is 3. The lowest BCUT2D eigenvalue weighted by Crippen LogP contribution is -2.00. The summed E-state index contributed by atoms with van der Waals surface area (Å²) in [6.45, 7) is 14.6. The first-order valence-electron chi connectivity index (χ1n) is 13.8. The molecule has 0 saturated carbocycles. The Labute approximate surface area is 236 Å². The van der Waals surface area contributed by atoms with Crippen LogP contribution < -0.4 is 0 Å². The molecule has 0 fully saturated rings. The molecule has 0 atom stereocenters. The first-order valence-corrected chi connectivity index (χ1v) is 13.8. The highest BCUT2D eigenvalue weighted by Gasteiger charge is 2.19. The van der Waals surface area contributed by atoms with Crippen LogP contribution in [0.1, 0.15) is 45.9 Å². The maximum atomic E-state index is 5.16. The van der Waals surface area contributed by atoms with Crippen LogP contribution in [0.3, 0.4) is 0 Å². The molecule has 6 rings (SSSR count). The van der Waals surface area contributed by atoms with Gasteiger partial charge in [-0.1, -0.05) is 67.3 Å². The molecule has 0 radical (unpaired) electrons. The summed E-state index contributed by atoms with van der Waals surface area (Å²) in [7, 11) is 0. The van der Waals surface area contributed by atoms with E-state index in [2.05, 4.69) is 108 Å². The Bertz CT molecular complexity index is 1870. The van der Waals surface area contributed by atoms with Gasteiger partial charge in [0.15, 0.2) is 0 Å². The average molecular weight is 520 g/mol. The van der Waals surface area contributed by atoms with Crippen molar-refractivity contribution in [2.24, 2.45) is 0 Å². The summed E-state index contributed by atoms with van der Waals surface area (Å²) in [6.07, 6.45) is 11.1. The number of hydrogen-bond donors (Lipinski definition) is 0. The molecule has 0 unspecified atom stereocenters. The predicted molar refractivity (Wildman–Crippen MR) is 169 cm³/mol. The van der Waals surface area contributed by atoms with Gasteiger partial charge in [0.25, 0.3) is 0 Å². The molecule has 5 aromatic rings. The number of allylic oxidation sites excluding steroid dienone is 4. The number of hydrogen-bond acceptors (Lipinski definition) is 3. The van der Waals surface area contributed by atoms with Crippen molar-refractivity contribution in [2.75, 3.05) is 0 Å². The molecule has 2 aromatic carbocycles. The van der Waals surface area contributed by atoms with E-state index in [1.807, 2.05) is 18.3 Å². The van der Waals surface area contributed by atoms with Crippen LogP contribution in [0.4, 0.5) is 0 Å². The Morgan fingerprint density at radius 3 is 2.23 bits per heavy atom. The Kier molecular flexibility index (Phi) is 6.51. The number of rotatable bonds is 4. The number of aryl methyl sites for hydroxylation is 4. The number of nitrogens with zero attached hydrogens (tertiary/aromatic N) is 3. The van der Waals surface area contributed by atoms with Gasteiger partial charge in [0.2, 0.25) is 0 Å². The second-order valence-electron chi connectivity index (χ2n) is 10.8. The smallest absolute Gasteiger partial charge is 0.0971 e. The van der Waals surface area contributed by atoms with Gasteiger partial charge in [-0.2, -0.15) is 0 Å². The zero-order valence-electron chi connectivity index (χ0n) is 23.8.